The SMILES string of the molecule is COCCN(CCOC)S(=O)(=O)c1ccc(C(=O)N=c2sc3ccccc3n2CCOC)cc1. The van der Waals surface area contributed by atoms with Crippen molar-refractivity contribution in [2.75, 3.05) is 54.2 Å². The first kappa shape index (κ1) is 26.2. The summed E-state index contributed by atoms with van der Waals surface area (Å²) >= 11 is 1.42. The fraction of sp³-hybridized carbons (Fsp3) is 0.391. The minimum atomic E-state index is -3.77. The molecule has 0 aliphatic heterocycles. The summed E-state index contributed by atoms with van der Waals surface area (Å²) in [6, 6.07) is 13.6. The number of hydrogen-bond acceptors (Lipinski definition) is 7. The lowest BCUT2D eigenvalue weighted by Crippen LogP contribution is -2.36. The zero-order valence-electron chi connectivity index (χ0n) is 19.5. The Morgan fingerprint density at radius 3 is 2.18 bits per heavy atom. The topological polar surface area (TPSA) is 99.4 Å². The molecule has 3 aromatic rings. The van der Waals surface area contributed by atoms with Crippen LogP contribution in [0.1, 0.15) is 10.4 Å². The molecule has 0 bridgehead atoms. The zero-order chi connectivity index (χ0) is 24.6. The number of aromatic nitrogens is 1. The quantitative estimate of drug-likeness (QED) is 0.373. The second-order valence-electron chi connectivity index (χ2n) is 7.33. The number of hydrogen-bond donors (Lipinski definition) is 0. The largest absolute Gasteiger partial charge is 0.383 e. The third-order valence-electron chi connectivity index (χ3n) is 5.13. The van der Waals surface area contributed by atoms with E-state index in [2.05, 4.69) is 4.99 Å². The number of carbonyl (C=O) groups excluding carboxylic acids is 1. The van der Waals surface area contributed by atoms with Crippen LogP contribution in [0.25, 0.3) is 10.2 Å². The molecule has 0 saturated carbocycles. The van der Waals surface area contributed by atoms with Crippen LogP contribution in [0.15, 0.2) is 58.4 Å². The highest BCUT2D eigenvalue weighted by molar-refractivity contribution is 7.89. The normalized spacial score (nSPS) is 12.6. The number of amides is 1. The molecule has 2 aromatic carbocycles. The second-order valence-corrected chi connectivity index (χ2v) is 10.3. The van der Waals surface area contributed by atoms with E-state index in [0.29, 0.717) is 23.5 Å². The molecule has 0 saturated heterocycles. The number of sulfonamides is 1. The van der Waals surface area contributed by atoms with Crippen molar-refractivity contribution in [1.82, 2.24) is 8.87 Å². The summed E-state index contributed by atoms with van der Waals surface area (Å²) in [7, 11) is 0.887. The summed E-state index contributed by atoms with van der Waals surface area (Å²) in [6.45, 7) is 1.96. The van der Waals surface area contributed by atoms with Gasteiger partial charge in [-0.15, -0.1) is 0 Å². The van der Waals surface area contributed by atoms with E-state index in [0.717, 1.165) is 10.2 Å². The molecule has 0 N–H and O–H groups in total. The van der Waals surface area contributed by atoms with Crippen molar-refractivity contribution in [3.8, 4) is 0 Å². The summed E-state index contributed by atoms with van der Waals surface area (Å²) in [5.74, 6) is -0.447. The van der Waals surface area contributed by atoms with Gasteiger partial charge in [-0.1, -0.05) is 23.5 Å². The molecule has 9 nitrogen and oxygen atoms in total. The molecular weight excluding hydrogens is 478 g/mol. The molecule has 0 spiro atoms. The van der Waals surface area contributed by atoms with Gasteiger partial charge >= 0.3 is 0 Å². The first-order valence-corrected chi connectivity index (χ1v) is 12.9. The summed E-state index contributed by atoms with van der Waals surface area (Å²) in [6.07, 6.45) is 0. The number of thiazole rings is 1. The van der Waals surface area contributed by atoms with Crippen molar-refractivity contribution < 1.29 is 27.4 Å². The lowest BCUT2D eigenvalue weighted by Gasteiger charge is -2.21. The van der Waals surface area contributed by atoms with Crippen LogP contribution < -0.4 is 4.80 Å². The highest BCUT2D eigenvalue weighted by Gasteiger charge is 2.24. The number of para-hydroxylation sites is 1. The van der Waals surface area contributed by atoms with Gasteiger partial charge in [0.25, 0.3) is 5.91 Å². The molecule has 1 amide bonds. The smallest absolute Gasteiger partial charge is 0.279 e. The van der Waals surface area contributed by atoms with Crippen molar-refractivity contribution in [1.29, 1.82) is 0 Å². The summed E-state index contributed by atoms with van der Waals surface area (Å²) in [4.78, 5) is 17.9. The number of fused-ring (bicyclic) bond motifs is 1. The Bertz CT molecular complexity index is 1260. The fourth-order valence-corrected chi connectivity index (χ4v) is 5.78. The van der Waals surface area contributed by atoms with E-state index in [1.807, 2.05) is 28.8 Å². The summed E-state index contributed by atoms with van der Waals surface area (Å²) in [5.41, 5.74) is 1.28. The Morgan fingerprint density at radius 2 is 1.56 bits per heavy atom. The molecule has 34 heavy (non-hydrogen) atoms. The van der Waals surface area contributed by atoms with Gasteiger partial charge < -0.3 is 18.8 Å². The van der Waals surface area contributed by atoms with Crippen LogP contribution in [0.4, 0.5) is 0 Å². The van der Waals surface area contributed by atoms with E-state index in [9.17, 15) is 13.2 Å². The highest BCUT2D eigenvalue weighted by Crippen LogP contribution is 2.19. The Labute approximate surface area is 203 Å². The minimum Gasteiger partial charge on any atom is -0.383 e. The van der Waals surface area contributed by atoms with Gasteiger partial charge in [0, 0.05) is 46.5 Å². The van der Waals surface area contributed by atoms with Crippen LogP contribution in [0.3, 0.4) is 0 Å². The third kappa shape index (κ3) is 6.17. The monoisotopic (exact) mass is 507 g/mol. The van der Waals surface area contributed by atoms with E-state index in [4.69, 9.17) is 14.2 Å². The highest BCUT2D eigenvalue weighted by atomic mass is 32.2. The van der Waals surface area contributed by atoms with E-state index < -0.39 is 15.9 Å². The number of carbonyl (C=O) groups is 1. The average molecular weight is 508 g/mol. The standard InChI is InChI=1S/C23H29N3O6S2/c1-30-15-12-25(13-16-31-2)34(28,29)19-10-8-18(9-11-19)22(27)24-23-26(14-17-32-3)20-6-4-5-7-21(20)33-23/h4-11H,12-17H2,1-3H3. The van der Waals surface area contributed by atoms with Gasteiger partial charge in [0.05, 0.1) is 34.9 Å². The predicted molar refractivity (Wildman–Crippen MR) is 131 cm³/mol. The second kappa shape index (κ2) is 12.3. The van der Waals surface area contributed by atoms with Crippen molar-refractivity contribution in [3.63, 3.8) is 0 Å². The van der Waals surface area contributed by atoms with Crippen molar-refractivity contribution >= 4 is 37.5 Å². The molecule has 0 atom stereocenters. The van der Waals surface area contributed by atoms with Gasteiger partial charge in [0.2, 0.25) is 10.0 Å². The van der Waals surface area contributed by atoms with Crippen molar-refractivity contribution in [2.45, 2.75) is 11.4 Å². The number of benzene rings is 2. The predicted octanol–water partition coefficient (Wildman–Crippen LogP) is 2.37. The molecule has 3 rings (SSSR count). The van der Waals surface area contributed by atoms with E-state index in [1.165, 1.54) is 54.1 Å². The van der Waals surface area contributed by atoms with E-state index in [-0.39, 0.29) is 31.2 Å². The Morgan fingerprint density at radius 1 is 0.941 bits per heavy atom. The molecule has 184 valence electrons. The minimum absolute atomic E-state index is 0.0910. The van der Waals surface area contributed by atoms with Gasteiger partial charge in [0.1, 0.15) is 0 Å². The number of rotatable bonds is 12. The molecule has 0 radical (unpaired) electrons. The van der Waals surface area contributed by atoms with E-state index in [1.54, 1.807) is 7.11 Å². The Kier molecular flexibility index (Phi) is 9.51. The zero-order valence-corrected chi connectivity index (χ0v) is 21.1. The molecule has 0 unspecified atom stereocenters. The van der Waals surface area contributed by atoms with Crippen LogP contribution in [-0.2, 0) is 30.8 Å². The van der Waals surface area contributed by atoms with Gasteiger partial charge in [-0.25, -0.2) is 8.42 Å². The van der Waals surface area contributed by atoms with Crippen LogP contribution in [0.2, 0.25) is 0 Å². The Hall–Kier alpha value is -2.41. The third-order valence-corrected chi connectivity index (χ3v) is 8.11. The molecule has 0 aliphatic carbocycles. The number of methoxy groups -OCH3 is 3. The number of ether oxygens (including phenoxy) is 3. The summed E-state index contributed by atoms with van der Waals surface area (Å²) < 4.78 is 45.6. The Balaban J connectivity index is 1.88. The lowest BCUT2D eigenvalue weighted by atomic mass is 10.2. The van der Waals surface area contributed by atoms with Crippen molar-refractivity contribution in [3.05, 3.63) is 58.9 Å². The molecular formula is C23H29N3O6S2. The van der Waals surface area contributed by atoms with Crippen LogP contribution in [0.5, 0.6) is 0 Å². The maximum Gasteiger partial charge on any atom is 0.279 e. The molecule has 11 heteroatoms. The molecule has 1 heterocycles. The maximum atomic E-state index is 13.1. The van der Waals surface area contributed by atoms with Crippen LogP contribution in [-0.4, -0.2) is 77.4 Å². The van der Waals surface area contributed by atoms with Gasteiger partial charge in [-0.3, -0.25) is 4.79 Å². The average Bonchev–Trinajstić information content (AvgIpc) is 3.19. The van der Waals surface area contributed by atoms with Crippen LogP contribution in [0, 0.1) is 0 Å². The molecule has 1 aromatic heterocycles. The van der Waals surface area contributed by atoms with E-state index >= 15 is 0 Å². The van der Waals surface area contributed by atoms with Crippen molar-refractivity contribution in [2.24, 2.45) is 4.99 Å². The maximum absolute atomic E-state index is 13.1. The molecule has 0 aliphatic rings. The van der Waals surface area contributed by atoms with Gasteiger partial charge in [0.15, 0.2) is 4.80 Å². The number of nitrogens with zero attached hydrogens (tertiary/aromatic N) is 3. The first-order valence-electron chi connectivity index (χ1n) is 10.7. The summed E-state index contributed by atoms with van der Waals surface area (Å²) in [5, 5.41) is 0. The molecule has 0 fully saturated rings. The van der Waals surface area contributed by atoms with Crippen LogP contribution >= 0.6 is 11.3 Å². The first-order chi connectivity index (χ1) is 16.4. The van der Waals surface area contributed by atoms with Gasteiger partial charge in [-0.2, -0.15) is 9.30 Å². The lowest BCUT2D eigenvalue weighted by molar-refractivity contribution is 0.0997. The fourth-order valence-electron chi connectivity index (χ4n) is 3.31. The van der Waals surface area contributed by atoms with Gasteiger partial charge in [-0.05, 0) is 36.4 Å².